The fourth-order valence-electron chi connectivity index (χ4n) is 2.76. The first-order chi connectivity index (χ1) is 13.7. The van der Waals surface area contributed by atoms with E-state index in [9.17, 15) is 5.11 Å². The SMILES string of the molecule is COc1ccc(-c2nc3cc(N=Cc4ccc(OC)cc4O)ccc3o2)cc1. The van der Waals surface area contributed by atoms with Gasteiger partial charge < -0.3 is 19.0 Å². The summed E-state index contributed by atoms with van der Waals surface area (Å²) < 4.78 is 16.1. The highest BCUT2D eigenvalue weighted by atomic mass is 16.5. The summed E-state index contributed by atoms with van der Waals surface area (Å²) in [4.78, 5) is 8.97. The van der Waals surface area contributed by atoms with Gasteiger partial charge in [0.2, 0.25) is 5.89 Å². The van der Waals surface area contributed by atoms with Gasteiger partial charge in [-0.15, -0.1) is 0 Å². The van der Waals surface area contributed by atoms with Crippen molar-refractivity contribution < 1.29 is 19.0 Å². The van der Waals surface area contributed by atoms with Crippen molar-refractivity contribution in [3.63, 3.8) is 0 Å². The molecule has 1 aromatic heterocycles. The number of oxazole rings is 1. The van der Waals surface area contributed by atoms with Crippen LogP contribution in [0.1, 0.15) is 5.56 Å². The molecule has 0 saturated heterocycles. The van der Waals surface area contributed by atoms with Gasteiger partial charge in [0.05, 0.1) is 19.9 Å². The lowest BCUT2D eigenvalue weighted by atomic mass is 10.2. The Morgan fingerprint density at radius 1 is 0.929 bits per heavy atom. The second-order valence-electron chi connectivity index (χ2n) is 6.08. The van der Waals surface area contributed by atoms with Crippen LogP contribution in [0, 0.1) is 0 Å². The van der Waals surface area contributed by atoms with Gasteiger partial charge >= 0.3 is 0 Å². The minimum Gasteiger partial charge on any atom is -0.507 e. The largest absolute Gasteiger partial charge is 0.507 e. The van der Waals surface area contributed by atoms with Crippen molar-refractivity contribution in [2.45, 2.75) is 0 Å². The van der Waals surface area contributed by atoms with Crippen LogP contribution in [0.25, 0.3) is 22.6 Å². The third-order valence-electron chi connectivity index (χ3n) is 4.30. The number of nitrogens with zero attached hydrogens (tertiary/aromatic N) is 2. The molecule has 0 atom stereocenters. The third kappa shape index (κ3) is 3.53. The van der Waals surface area contributed by atoms with Crippen LogP contribution in [0.5, 0.6) is 17.2 Å². The zero-order valence-corrected chi connectivity index (χ0v) is 15.4. The van der Waals surface area contributed by atoms with Crippen molar-refractivity contribution >= 4 is 23.0 Å². The molecular formula is C22H18N2O4. The average molecular weight is 374 g/mol. The normalized spacial score (nSPS) is 11.2. The molecule has 0 bridgehead atoms. The highest BCUT2D eigenvalue weighted by molar-refractivity contribution is 5.87. The van der Waals surface area contributed by atoms with Crippen LogP contribution in [0.2, 0.25) is 0 Å². The third-order valence-corrected chi connectivity index (χ3v) is 4.30. The zero-order chi connectivity index (χ0) is 19.5. The molecule has 0 aliphatic rings. The Hall–Kier alpha value is -3.80. The molecule has 1 N–H and O–H groups in total. The zero-order valence-electron chi connectivity index (χ0n) is 15.4. The fourth-order valence-corrected chi connectivity index (χ4v) is 2.76. The molecule has 0 aliphatic carbocycles. The van der Waals surface area contributed by atoms with E-state index in [1.54, 1.807) is 38.6 Å². The summed E-state index contributed by atoms with van der Waals surface area (Å²) in [6.07, 6.45) is 1.60. The quantitative estimate of drug-likeness (QED) is 0.499. The van der Waals surface area contributed by atoms with Gasteiger partial charge in [-0.25, -0.2) is 4.98 Å². The van der Waals surface area contributed by atoms with Crippen molar-refractivity contribution in [2.24, 2.45) is 4.99 Å². The molecule has 0 amide bonds. The van der Waals surface area contributed by atoms with Gasteiger partial charge in [-0.3, -0.25) is 4.99 Å². The molecule has 0 spiro atoms. The Morgan fingerprint density at radius 3 is 2.39 bits per heavy atom. The number of rotatable bonds is 5. The number of phenolic OH excluding ortho intramolecular Hbond substituents is 1. The Kier molecular flexibility index (Phi) is 4.68. The topological polar surface area (TPSA) is 77.1 Å². The number of phenols is 1. The van der Waals surface area contributed by atoms with Crippen molar-refractivity contribution in [1.29, 1.82) is 0 Å². The van der Waals surface area contributed by atoms with Crippen LogP contribution >= 0.6 is 0 Å². The average Bonchev–Trinajstić information content (AvgIpc) is 3.16. The number of aromatic nitrogens is 1. The molecular weight excluding hydrogens is 356 g/mol. The van der Waals surface area contributed by atoms with Crippen LogP contribution in [0.3, 0.4) is 0 Å². The molecule has 3 aromatic carbocycles. The van der Waals surface area contributed by atoms with Crippen LogP contribution in [0.15, 0.2) is 70.1 Å². The first-order valence-corrected chi connectivity index (χ1v) is 8.62. The highest BCUT2D eigenvalue weighted by Crippen LogP contribution is 2.28. The molecule has 4 aromatic rings. The van der Waals surface area contributed by atoms with Gasteiger partial charge in [-0.1, -0.05) is 0 Å². The van der Waals surface area contributed by atoms with Crippen molar-refractivity contribution in [3.05, 3.63) is 66.2 Å². The molecule has 6 heteroatoms. The first kappa shape index (κ1) is 17.6. The molecule has 6 nitrogen and oxygen atoms in total. The van der Waals surface area contributed by atoms with Gasteiger partial charge in [-0.05, 0) is 54.6 Å². The summed E-state index contributed by atoms with van der Waals surface area (Å²) in [6, 6.07) is 18.1. The van der Waals surface area contributed by atoms with Gasteiger partial charge in [0.25, 0.3) is 0 Å². The predicted molar refractivity (Wildman–Crippen MR) is 108 cm³/mol. The van der Waals surface area contributed by atoms with E-state index in [2.05, 4.69) is 9.98 Å². The van der Waals surface area contributed by atoms with E-state index in [4.69, 9.17) is 13.9 Å². The van der Waals surface area contributed by atoms with Gasteiger partial charge in [0, 0.05) is 23.4 Å². The van der Waals surface area contributed by atoms with E-state index in [1.165, 1.54) is 0 Å². The van der Waals surface area contributed by atoms with Crippen molar-refractivity contribution in [3.8, 4) is 28.7 Å². The second kappa shape index (κ2) is 7.44. The summed E-state index contributed by atoms with van der Waals surface area (Å²) in [6.45, 7) is 0. The van der Waals surface area contributed by atoms with Crippen molar-refractivity contribution in [1.82, 2.24) is 4.98 Å². The Balaban J connectivity index is 1.61. The molecule has 0 unspecified atom stereocenters. The van der Waals surface area contributed by atoms with Crippen LogP contribution in [-0.4, -0.2) is 30.5 Å². The summed E-state index contributed by atoms with van der Waals surface area (Å²) in [5.74, 6) is 2.00. The Bertz CT molecular complexity index is 1150. The Morgan fingerprint density at radius 2 is 1.68 bits per heavy atom. The fraction of sp³-hybridized carbons (Fsp3) is 0.0909. The molecule has 140 valence electrons. The van der Waals surface area contributed by atoms with E-state index in [1.807, 2.05) is 42.5 Å². The predicted octanol–water partition coefficient (Wildman–Crippen LogP) is 4.97. The number of methoxy groups -OCH3 is 2. The highest BCUT2D eigenvalue weighted by Gasteiger charge is 2.09. The lowest BCUT2D eigenvalue weighted by Crippen LogP contribution is -1.86. The van der Waals surface area contributed by atoms with Crippen LogP contribution in [-0.2, 0) is 0 Å². The number of aliphatic imine (C=N–C) groups is 1. The summed E-state index contributed by atoms with van der Waals surface area (Å²) >= 11 is 0. The molecule has 0 aliphatic heterocycles. The summed E-state index contributed by atoms with van der Waals surface area (Å²) in [7, 11) is 3.18. The number of hydrogen-bond acceptors (Lipinski definition) is 6. The standard InChI is InChI=1S/C22H18N2O4/c1-26-17-7-3-14(4-8-17)22-24-19-11-16(6-10-21(19)28-22)23-13-15-5-9-18(27-2)12-20(15)25/h3-13,25H,1-2H3. The number of hydrogen-bond donors (Lipinski definition) is 1. The number of fused-ring (bicyclic) bond motifs is 1. The van der Waals surface area contributed by atoms with E-state index in [-0.39, 0.29) is 5.75 Å². The van der Waals surface area contributed by atoms with Gasteiger partial charge in [-0.2, -0.15) is 0 Å². The lowest BCUT2D eigenvalue weighted by molar-refractivity contribution is 0.407. The molecule has 0 fully saturated rings. The van der Waals surface area contributed by atoms with E-state index < -0.39 is 0 Å². The van der Waals surface area contributed by atoms with E-state index in [0.29, 0.717) is 34.0 Å². The van der Waals surface area contributed by atoms with Crippen LogP contribution < -0.4 is 9.47 Å². The molecule has 1 heterocycles. The van der Waals surface area contributed by atoms with E-state index in [0.717, 1.165) is 11.3 Å². The lowest BCUT2D eigenvalue weighted by Gasteiger charge is -2.02. The number of ether oxygens (including phenoxy) is 2. The molecule has 0 saturated carbocycles. The minimum absolute atomic E-state index is 0.104. The van der Waals surface area contributed by atoms with Crippen LogP contribution in [0.4, 0.5) is 5.69 Å². The maximum absolute atomic E-state index is 10.0. The minimum atomic E-state index is 0.104. The smallest absolute Gasteiger partial charge is 0.227 e. The Labute approximate surface area is 161 Å². The van der Waals surface area contributed by atoms with Gasteiger partial charge in [0.15, 0.2) is 5.58 Å². The van der Waals surface area contributed by atoms with Crippen molar-refractivity contribution in [2.75, 3.05) is 14.2 Å². The first-order valence-electron chi connectivity index (χ1n) is 8.62. The van der Waals surface area contributed by atoms with E-state index >= 15 is 0 Å². The maximum Gasteiger partial charge on any atom is 0.227 e. The van der Waals surface area contributed by atoms with Gasteiger partial charge in [0.1, 0.15) is 22.8 Å². The monoisotopic (exact) mass is 374 g/mol. The number of benzene rings is 3. The summed E-state index contributed by atoms with van der Waals surface area (Å²) in [5, 5.41) is 10.0. The molecule has 28 heavy (non-hydrogen) atoms. The number of aromatic hydroxyl groups is 1. The molecule has 0 radical (unpaired) electrons. The molecule has 4 rings (SSSR count). The maximum atomic E-state index is 10.0. The summed E-state index contributed by atoms with van der Waals surface area (Å²) in [5.41, 5.74) is 3.55. The second-order valence-corrected chi connectivity index (χ2v) is 6.08.